The van der Waals surface area contributed by atoms with Crippen LogP contribution in [0.1, 0.15) is 26.7 Å². The number of piperidine rings is 1. The van der Waals surface area contributed by atoms with Crippen molar-refractivity contribution < 1.29 is 5.11 Å². The molecule has 3 heteroatoms. The fraction of sp³-hybridized carbons (Fsp3) is 0.600. The molecule has 1 aliphatic heterocycles. The summed E-state index contributed by atoms with van der Waals surface area (Å²) < 4.78 is 0. The SMILES string of the molecule is CCN(CC)C1CCN(c2ccc(O)cc2)CC1. The first kappa shape index (κ1) is 13.2. The van der Waals surface area contributed by atoms with Crippen molar-refractivity contribution in [1.82, 2.24) is 4.90 Å². The number of hydrogen-bond donors (Lipinski definition) is 1. The summed E-state index contributed by atoms with van der Waals surface area (Å²) in [5, 5.41) is 9.31. The number of aromatic hydroxyl groups is 1. The molecule has 3 nitrogen and oxygen atoms in total. The molecule has 18 heavy (non-hydrogen) atoms. The van der Waals surface area contributed by atoms with Crippen LogP contribution < -0.4 is 4.90 Å². The average molecular weight is 248 g/mol. The van der Waals surface area contributed by atoms with Gasteiger partial charge >= 0.3 is 0 Å². The Labute approximate surface area is 110 Å². The number of phenols is 1. The van der Waals surface area contributed by atoms with E-state index < -0.39 is 0 Å². The molecule has 1 aliphatic rings. The average Bonchev–Trinajstić information content (AvgIpc) is 2.42. The van der Waals surface area contributed by atoms with E-state index in [4.69, 9.17) is 0 Å². The number of nitrogens with zero attached hydrogens (tertiary/aromatic N) is 2. The van der Waals surface area contributed by atoms with Gasteiger partial charge in [0.2, 0.25) is 0 Å². The quantitative estimate of drug-likeness (QED) is 0.887. The maximum atomic E-state index is 9.31. The Balaban J connectivity index is 1.92. The molecular weight excluding hydrogens is 224 g/mol. The Morgan fingerprint density at radius 3 is 2.17 bits per heavy atom. The lowest BCUT2D eigenvalue weighted by molar-refractivity contribution is 0.186. The third kappa shape index (κ3) is 2.96. The smallest absolute Gasteiger partial charge is 0.115 e. The molecule has 0 bridgehead atoms. The van der Waals surface area contributed by atoms with E-state index >= 15 is 0 Å². The van der Waals surface area contributed by atoms with Gasteiger partial charge in [-0.1, -0.05) is 13.8 Å². The van der Waals surface area contributed by atoms with E-state index in [1.807, 2.05) is 12.1 Å². The highest BCUT2D eigenvalue weighted by atomic mass is 16.3. The summed E-state index contributed by atoms with van der Waals surface area (Å²) in [5.74, 6) is 0.344. The fourth-order valence-corrected chi connectivity index (χ4v) is 2.89. The Morgan fingerprint density at radius 1 is 1.11 bits per heavy atom. The maximum Gasteiger partial charge on any atom is 0.115 e. The molecule has 1 heterocycles. The first-order valence-corrected chi connectivity index (χ1v) is 7.02. The van der Waals surface area contributed by atoms with Crippen LogP contribution in [0.2, 0.25) is 0 Å². The van der Waals surface area contributed by atoms with Gasteiger partial charge in [0.15, 0.2) is 0 Å². The Kier molecular flexibility index (Phi) is 4.48. The van der Waals surface area contributed by atoms with Crippen molar-refractivity contribution in [3.63, 3.8) is 0 Å². The zero-order chi connectivity index (χ0) is 13.0. The van der Waals surface area contributed by atoms with E-state index in [9.17, 15) is 5.11 Å². The molecule has 100 valence electrons. The molecular formula is C15H24N2O. The van der Waals surface area contributed by atoms with Crippen LogP contribution in [0.15, 0.2) is 24.3 Å². The molecule has 1 fully saturated rings. The molecule has 1 saturated heterocycles. The fourth-order valence-electron chi connectivity index (χ4n) is 2.89. The normalized spacial score (nSPS) is 17.4. The summed E-state index contributed by atoms with van der Waals surface area (Å²) in [6, 6.07) is 8.30. The lowest BCUT2D eigenvalue weighted by atomic mass is 10.0. The highest BCUT2D eigenvalue weighted by Gasteiger charge is 2.22. The van der Waals surface area contributed by atoms with Gasteiger partial charge in [0, 0.05) is 24.8 Å². The van der Waals surface area contributed by atoms with Crippen molar-refractivity contribution in [2.45, 2.75) is 32.7 Å². The molecule has 0 atom stereocenters. The largest absolute Gasteiger partial charge is 0.508 e. The van der Waals surface area contributed by atoms with Gasteiger partial charge in [0.05, 0.1) is 0 Å². The third-order valence-corrected chi connectivity index (χ3v) is 4.01. The zero-order valence-electron chi connectivity index (χ0n) is 11.5. The summed E-state index contributed by atoms with van der Waals surface area (Å²) in [7, 11) is 0. The molecule has 0 spiro atoms. The van der Waals surface area contributed by atoms with Gasteiger partial charge in [-0.25, -0.2) is 0 Å². The van der Waals surface area contributed by atoms with Crippen molar-refractivity contribution in [3.8, 4) is 5.75 Å². The van der Waals surface area contributed by atoms with Gasteiger partial charge in [-0.05, 0) is 50.2 Å². The first-order chi connectivity index (χ1) is 8.74. The van der Waals surface area contributed by atoms with Crippen molar-refractivity contribution in [1.29, 1.82) is 0 Å². The first-order valence-electron chi connectivity index (χ1n) is 7.02. The highest BCUT2D eigenvalue weighted by Crippen LogP contribution is 2.24. The van der Waals surface area contributed by atoms with Crippen LogP contribution in [0, 0.1) is 0 Å². The summed E-state index contributed by atoms with van der Waals surface area (Å²) in [4.78, 5) is 4.98. The molecule has 0 radical (unpaired) electrons. The second-order valence-corrected chi connectivity index (χ2v) is 4.96. The molecule has 0 aliphatic carbocycles. The van der Waals surface area contributed by atoms with Gasteiger partial charge in [0.1, 0.15) is 5.75 Å². The third-order valence-electron chi connectivity index (χ3n) is 4.01. The van der Waals surface area contributed by atoms with Gasteiger partial charge in [-0.3, -0.25) is 0 Å². The van der Waals surface area contributed by atoms with Gasteiger partial charge < -0.3 is 14.9 Å². The predicted octanol–water partition coefficient (Wildman–Crippen LogP) is 2.70. The molecule has 0 unspecified atom stereocenters. The Bertz CT molecular complexity index is 351. The van der Waals surface area contributed by atoms with E-state index in [0.29, 0.717) is 5.75 Å². The van der Waals surface area contributed by atoms with Crippen LogP contribution >= 0.6 is 0 Å². The molecule has 2 rings (SSSR count). The van der Waals surface area contributed by atoms with E-state index in [1.165, 1.54) is 18.5 Å². The van der Waals surface area contributed by atoms with Crippen molar-refractivity contribution in [2.75, 3.05) is 31.1 Å². The summed E-state index contributed by atoms with van der Waals surface area (Å²) in [5.41, 5.74) is 1.23. The van der Waals surface area contributed by atoms with E-state index in [-0.39, 0.29) is 0 Å². The van der Waals surface area contributed by atoms with Gasteiger partial charge in [-0.2, -0.15) is 0 Å². The number of benzene rings is 1. The van der Waals surface area contributed by atoms with Crippen LogP contribution in [0.3, 0.4) is 0 Å². The number of rotatable bonds is 4. The molecule has 1 N–H and O–H groups in total. The second kappa shape index (κ2) is 6.10. The summed E-state index contributed by atoms with van der Waals surface area (Å²) >= 11 is 0. The number of hydrogen-bond acceptors (Lipinski definition) is 3. The highest BCUT2D eigenvalue weighted by molar-refractivity contribution is 5.49. The van der Waals surface area contributed by atoms with Gasteiger partial charge in [-0.15, -0.1) is 0 Å². The number of phenolic OH excluding ortho intramolecular Hbond substituents is 1. The van der Waals surface area contributed by atoms with Crippen molar-refractivity contribution >= 4 is 5.69 Å². The minimum atomic E-state index is 0.344. The Hall–Kier alpha value is -1.22. The minimum absolute atomic E-state index is 0.344. The van der Waals surface area contributed by atoms with Crippen molar-refractivity contribution in [3.05, 3.63) is 24.3 Å². The van der Waals surface area contributed by atoms with E-state index in [2.05, 4.69) is 23.6 Å². The Morgan fingerprint density at radius 2 is 1.67 bits per heavy atom. The van der Waals surface area contributed by atoms with Gasteiger partial charge in [0.25, 0.3) is 0 Å². The molecule has 0 aromatic heterocycles. The van der Waals surface area contributed by atoms with Crippen LogP contribution in [-0.2, 0) is 0 Å². The van der Waals surface area contributed by atoms with Crippen molar-refractivity contribution in [2.24, 2.45) is 0 Å². The summed E-state index contributed by atoms with van der Waals surface area (Å²) in [6.45, 7) is 9.03. The molecule has 0 saturated carbocycles. The summed E-state index contributed by atoms with van der Waals surface area (Å²) in [6.07, 6.45) is 2.48. The van der Waals surface area contributed by atoms with Crippen LogP contribution in [-0.4, -0.2) is 42.2 Å². The van der Waals surface area contributed by atoms with E-state index in [1.54, 1.807) is 12.1 Å². The van der Waals surface area contributed by atoms with Crippen LogP contribution in [0.5, 0.6) is 5.75 Å². The molecule has 1 aromatic carbocycles. The van der Waals surface area contributed by atoms with Crippen LogP contribution in [0.25, 0.3) is 0 Å². The lowest BCUT2D eigenvalue weighted by Crippen LogP contribution is -2.44. The van der Waals surface area contributed by atoms with E-state index in [0.717, 1.165) is 32.2 Å². The second-order valence-electron chi connectivity index (χ2n) is 4.96. The molecule has 1 aromatic rings. The maximum absolute atomic E-state index is 9.31. The minimum Gasteiger partial charge on any atom is -0.508 e. The lowest BCUT2D eigenvalue weighted by Gasteiger charge is -2.38. The number of anilines is 1. The molecule has 0 amide bonds. The zero-order valence-corrected chi connectivity index (χ0v) is 11.5. The predicted molar refractivity (Wildman–Crippen MR) is 76.3 cm³/mol. The van der Waals surface area contributed by atoms with Crippen LogP contribution in [0.4, 0.5) is 5.69 Å². The monoisotopic (exact) mass is 248 g/mol. The topological polar surface area (TPSA) is 26.7 Å². The standard InChI is InChI=1S/C15H24N2O/c1-3-16(4-2)14-9-11-17(12-10-14)13-5-7-15(18)8-6-13/h5-8,14,18H,3-4,9-12H2,1-2H3.